The molecule has 2 aromatic heterocycles. The highest BCUT2D eigenvalue weighted by Crippen LogP contribution is 2.40. The standard InChI is InChI=1S/C26H20N4O3/c1-16(25-28-26(31)33-29-25)24-20-11-10-17(14-30-22-8-4-2-6-18(22)13-27-30)12-19(20)15-32-23-9-5-3-7-21(23)24/h2-13H,14-15H2,1H3,(H,28,29,31)/b24-16+. The van der Waals surface area contributed by atoms with Gasteiger partial charge in [-0.05, 0) is 47.4 Å². The van der Waals surface area contributed by atoms with Gasteiger partial charge in [-0.3, -0.25) is 14.2 Å². The molecule has 0 aliphatic carbocycles. The summed E-state index contributed by atoms with van der Waals surface area (Å²) in [6, 6.07) is 22.5. The Hall–Kier alpha value is -4.39. The van der Waals surface area contributed by atoms with Crippen LogP contribution in [0.15, 0.2) is 82.2 Å². The van der Waals surface area contributed by atoms with Crippen molar-refractivity contribution in [2.75, 3.05) is 0 Å². The van der Waals surface area contributed by atoms with Gasteiger partial charge in [0.05, 0.1) is 18.3 Å². The van der Waals surface area contributed by atoms with E-state index in [1.807, 2.05) is 54.2 Å². The Morgan fingerprint density at radius 1 is 1.06 bits per heavy atom. The van der Waals surface area contributed by atoms with Crippen LogP contribution in [-0.2, 0) is 13.2 Å². The van der Waals surface area contributed by atoms with Crippen LogP contribution in [0.25, 0.3) is 22.0 Å². The summed E-state index contributed by atoms with van der Waals surface area (Å²) >= 11 is 0. The molecule has 7 nitrogen and oxygen atoms in total. The summed E-state index contributed by atoms with van der Waals surface area (Å²) in [4.78, 5) is 14.3. The van der Waals surface area contributed by atoms with Gasteiger partial charge in [0, 0.05) is 16.5 Å². The van der Waals surface area contributed by atoms with Crippen molar-refractivity contribution in [2.24, 2.45) is 0 Å². The molecule has 162 valence electrons. The van der Waals surface area contributed by atoms with Crippen molar-refractivity contribution < 1.29 is 9.26 Å². The maximum absolute atomic E-state index is 11.6. The van der Waals surface area contributed by atoms with Gasteiger partial charge in [0.15, 0.2) is 5.82 Å². The molecule has 33 heavy (non-hydrogen) atoms. The van der Waals surface area contributed by atoms with Gasteiger partial charge in [-0.25, -0.2) is 4.79 Å². The van der Waals surface area contributed by atoms with E-state index in [2.05, 4.69) is 45.6 Å². The molecule has 0 radical (unpaired) electrons. The molecule has 0 spiro atoms. The van der Waals surface area contributed by atoms with Gasteiger partial charge >= 0.3 is 5.76 Å². The third-order valence-corrected chi connectivity index (χ3v) is 6.03. The third-order valence-electron chi connectivity index (χ3n) is 6.03. The molecule has 0 bridgehead atoms. The average Bonchev–Trinajstić information content (AvgIpc) is 3.41. The van der Waals surface area contributed by atoms with Crippen LogP contribution in [0.2, 0.25) is 0 Å². The third kappa shape index (κ3) is 3.34. The monoisotopic (exact) mass is 436 g/mol. The molecular weight excluding hydrogens is 416 g/mol. The fraction of sp³-hybridized carbons (Fsp3) is 0.115. The molecule has 1 aliphatic rings. The molecule has 0 saturated carbocycles. The van der Waals surface area contributed by atoms with E-state index < -0.39 is 5.76 Å². The molecule has 1 N–H and O–H groups in total. The molecule has 6 rings (SSSR count). The number of H-pyrrole nitrogens is 1. The normalized spacial score (nSPS) is 14.3. The molecule has 3 aromatic carbocycles. The number of hydrogen-bond donors (Lipinski definition) is 1. The smallest absolute Gasteiger partial charge is 0.439 e. The summed E-state index contributed by atoms with van der Waals surface area (Å²) in [6.07, 6.45) is 1.89. The molecule has 0 saturated heterocycles. The maximum atomic E-state index is 11.6. The van der Waals surface area contributed by atoms with Crippen molar-refractivity contribution in [2.45, 2.75) is 20.1 Å². The summed E-state index contributed by atoms with van der Waals surface area (Å²) < 4.78 is 13.0. The summed E-state index contributed by atoms with van der Waals surface area (Å²) in [5.41, 5.74) is 7.04. The Balaban J connectivity index is 1.48. The van der Waals surface area contributed by atoms with Crippen LogP contribution in [0, 0.1) is 0 Å². The molecular formula is C26H20N4O3. The minimum Gasteiger partial charge on any atom is -0.488 e. The number of aromatic amines is 1. The topological polar surface area (TPSA) is 85.9 Å². The number of ether oxygens (including phenoxy) is 1. The van der Waals surface area contributed by atoms with E-state index in [1.165, 1.54) is 0 Å². The van der Waals surface area contributed by atoms with Gasteiger partial charge in [0.1, 0.15) is 12.4 Å². The van der Waals surface area contributed by atoms with Crippen molar-refractivity contribution in [3.63, 3.8) is 0 Å². The van der Waals surface area contributed by atoms with Gasteiger partial charge in [0.2, 0.25) is 0 Å². The predicted octanol–water partition coefficient (Wildman–Crippen LogP) is 4.63. The number of benzene rings is 3. The van der Waals surface area contributed by atoms with Crippen LogP contribution in [0.4, 0.5) is 0 Å². The van der Waals surface area contributed by atoms with Crippen molar-refractivity contribution in [1.29, 1.82) is 0 Å². The zero-order valence-corrected chi connectivity index (χ0v) is 17.9. The quantitative estimate of drug-likeness (QED) is 0.446. The highest BCUT2D eigenvalue weighted by atomic mass is 16.5. The Kier molecular flexibility index (Phi) is 4.47. The first kappa shape index (κ1) is 19.3. The number of hydrogen-bond acceptors (Lipinski definition) is 5. The van der Waals surface area contributed by atoms with E-state index in [-0.39, 0.29) is 0 Å². The Labute approximate surface area is 188 Å². The second-order valence-corrected chi connectivity index (χ2v) is 8.08. The lowest BCUT2D eigenvalue weighted by atomic mass is 9.89. The first-order valence-electron chi connectivity index (χ1n) is 10.7. The Morgan fingerprint density at radius 3 is 2.79 bits per heavy atom. The number of aromatic nitrogens is 4. The van der Waals surface area contributed by atoms with Gasteiger partial charge in [-0.15, -0.1) is 0 Å². The molecule has 0 fully saturated rings. The SMILES string of the molecule is C/C(=C1/c2ccc(Cn3ncc4ccccc43)cc2COc2ccccc21)c1noc(=O)[nH]1. The van der Waals surface area contributed by atoms with E-state index in [0.717, 1.165) is 50.1 Å². The summed E-state index contributed by atoms with van der Waals surface area (Å²) in [5.74, 6) is 0.614. The second-order valence-electron chi connectivity index (χ2n) is 8.08. The van der Waals surface area contributed by atoms with Crippen LogP contribution in [0.1, 0.15) is 35.0 Å². The Morgan fingerprint density at radius 2 is 1.91 bits per heavy atom. The molecule has 7 heteroatoms. The summed E-state index contributed by atoms with van der Waals surface area (Å²) in [5, 5.41) is 9.59. The first-order valence-corrected chi connectivity index (χ1v) is 10.7. The number of nitrogens with one attached hydrogen (secondary N) is 1. The molecule has 0 atom stereocenters. The van der Waals surface area contributed by atoms with Gasteiger partial charge in [0.25, 0.3) is 0 Å². The fourth-order valence-corrected chi connectivity index (χ4v) is 4.45. The van der Waals surface area contributed by atoms with Crippen LogP contribution >= 0.6 is 0 Å². The van der Waals surface area contributed by atoms with Crippen LogP contribution in [0.3, 0.4) is 0 Å². The minimum atomic E-state index is -0.579. The molecule has 1 aliphatic heterocycles. The van der Waals surface area contributed by atoms with Gasteiger partial charge in [-0.1, -0.05) is 53.7 Å². The molecule has 3 heterocycles. The van der Waals surface area contributed by atoms with Gasteiger partial charge in [-0.2, -0.15) is 5.10 Å². The van der Waals surface area contributed by atoms with Crippen LogP contribution < -0.4 is 10.5 Å². The lowest BCUT2D eigenvalue weighted by molar-refractivity contribution is 0.307. The first-order chi connectivity index (χ1) is 16.2. The van der Waals surface area contributed by atoms with Crippen molar-refractivity contribution in [3.05, 3.63) is 112 Å². The van der Waals surface area contributed by atoms with E-state index in [9.17, 15) is 4.79 Å². The van der Waals surface area contributed by atoms with Crippen LogP contribution in [-0.4, -0.2) is 19.9 Å². The number of para-hydroxylation sites is 2. The fourth-order valence-electron chi connectivity index (χ4n) is 4.45. The average molecular weight is 436 g/mol. The van der Waals surface area contributed by atoms with Crippen molar-refractivity contribution >= 4 is 22.0 Å². The number of fused-ring (bicyclic) bond motifs is 3. The van der Waals surface area contributed by atoms with Crippen molar-refractivity contribution in [1.82, 2.24) is 19.9 Å². The summed E-state index contributed by atoms with van der Waals surface area (Å²) in [7, 11) is 0. The summed E-state index contributed by atoms with van der Waals surface area (Å²) in [6.45, 7) is 3.02. The minimum absolute atomic E-state index is 0.407. The van der Waals surface area contributed by atoms with Crippen LogP contribution in [0.5, 0.6) is 5.75 Å². The highest BCUT2D eigenvalue weighted by molar-refractivity contribution is 5.99. The molecule has 0 amide bonds. The number of nitrogens with zero attached hydrogens (tertiary/aromatic N) is 3. The lowest BCUT2D eigenvalue weighted by Gasteiger charge is -2.14. The molecule has 5 aromatic rings. The second kappa shape index (κ2) is 7.63. The zero-order valence-electron chi connectivity index (χ0n) is 17.9. The van der Waals surface area contributed by atoms with Gasteiger partial charge < -0.3 is 4.74 Å². The predicted molar refractivity (Wildman–Crippen MR) is 125 cm³/mol. The van der Waals surface area contributed by atoms with Crippen molar-refractivity contribution in [3.8, 4) is 5.75 Å². The lowest BCUT2D eigenvalue weighted by Crippen LogP contribution is -2.04. The Bertz CT molecular complexity index is 1590. The van der Waals surface area contributed by atoms with E-state index in [4.69, 9.17) is 9.26 Å². The van der Waals surface area contributed by atoms with E-state index in [1.54, 1.807) is 0 Å². The van der Waals surface area contributed by atoms with E-state index >= 15 is 0 Å². The maximum Gasteiger partial charge on any atom is 0.439 e. The number of rotatable bonds is 3. The molecule has 0 unspecified atom stereocenters. The zero-order chi connectivity index (χ0) is 22.4. The number of allylic oxidation sites excluding steroid dienone is 1. The largest absolute Gasteiger partial charge is 0.488 e. The highest BCUT2D eigenvalue weighted by Gasteiger charge is 2.23. The van der Waals surface area contributed by atoms with E-state index in [0.29, 0.717) is 19.0 Å².